The lowest BCUT2D eigenvalue weighted by Gasteiger charge is -1.99. The Bertz CT molecular complexity index is 1110. The molecule has 0 atom stereocenters. The molecule has 0 saturated heterocycles. The van der Waals surface area contributed by atoms with Crippen LogP contribution in [0.4, 0.5) is 0 Å². The maximum atomic E-state index is 12.4. The molecule has 0 aliphatic rings. The van der Waals surface area contributed by atoms with Gasteiger partial charge in [0.05, 0.1) is 22.1 Å². The van der Waals surface area contributed by atoms with Crippen LogP contribution in [0.15, 0.2) is 23.6 Å². The Morgan fingerprint density at radius 3 is 2.81 bits per heavy atom. The van der Waals surface area contributed by atoms with Crippen molar-refractivity contribution in [3.63, 3.8) is 0 Å². The number of thiophene rings is 1. The van der Waals surface area contributed by atoms with Gasteiger partial charge in [-0.15, -0.1) is 27.8 Å². The van der Waals surface area contributed by atoms with E-state index in [-0.39, 0.29) is 11.7 Å². The first-order chi connectivity index (χ1) is 12.5. The average molecular weight is 384 g/mol. The number of thiazole rings is 1. The summed E-state index contributed by atoms with van der Waals surface area (Å²) in [5.41, 5.74) is 2.72. The lowest BCUT2D eigenvalue weighted by Crippen LogP contribution is -2.23. The van der Waals surface area contributed by atoms with Crippen molar-refractivity contribution in [2.24, 2.45) is 0 Å². The summed E-state index contributed by atoms with van der Waals surface area (Å²) in [6.45, 7) is 6.21. The second-order valence-corrected chi connectivity index (χ2v) is 8.12. The number of nitrogens with zero attached hydrogens (tertiary/aromatic N) is 5. The Kier molecular flexibility index (Phi) is 4.25. The number of hydrogen-bond acceptors (Lipinski definition) is 7. The highest BCUT2D eigenvalue weighted by molar-refractivity contribution is 7.16. The minimum Gasteiger partial charge on any atom is -0.344 e. The summed E-state index contributed by atoms with van der Waals surface area (Å²) in [4.78, 5) is 27.5. The molecule has 7 nitrogen and oxygen atoms in total. The van der Waals surface area contributed by atoms with Crippen LogP contribution >= 0.6 is 22.7 Å². The summed E-state index contributed by atoms with van der Waals surface area (Å²) in [6.07, 6.45) is 0. The molecule has 0 radical (unpaired) electrons. The van der Waals surface area contributed by atoms with Gasteiger partial charge in [0.25, 0.3) is 11.7 Å². The van der Waals surface area contributed by atoms with Crippen molar-refractivity contribution >= 4 is 34.4 Å². The predicted octanol–water partition coefficient (Wildman–Crippen LogP) is 3.16. The molecule has 0 aromatic carbocycles. The molecular weight excluding hydrogens is 368 g/mol. The van der Waals surface area contributed by atoms with Gasteiger partial charge >= 0.3 is 0 Å². The first-order valence-electron chi connectivity index (χ1n) is 8.00. The van der Waals surface area contributed by atoms with E-state index in [1.807, 2.05) is 44.4 Å². The van der Waals surface area contributed by atoms with Crippen molar-refractivity contribution in [2.45, 2.75) is 27.3 Å². The number of nitrogens with one attached hydrogen (secondary N) is 1. The van der Waals surface area contributed by atoms with Gasteiger partial charge in [-0.2, -0.15) is 4.98 Å². The molecular formula is C17H16N6OS2. The Labute approximate surface area is 157 Å². The van der Waals surface area contributed by atoms with Crippen molar-refractivity contribution in [1.29, 1.82) is 0 Å². The highest BCUT2D eigenvalue weighted by Gasteiger charge is 2.15. The molecule has 0 aliphatic heterocycles. The van der Waals surface area contributed by atoms with Gasteiger partial charge in [-0.25, -0.2) is 14.5 Å². The Balaban J connectivity index is 1.47. The Morgan fingerprint density at radius 2 is 2.04 bits per heavy atom. The van der Waals surface area contributed by atoms with Crippen molar-refractivity contribution in [1.82, 2.24) is 29.9 Å². The number of aromatic nitrogens is 5. The van der Waals surface area contributed by atoms with E-state index in [2.05, 4.69) is 25.4 Å². The number of fused-ring (bicyclic) bond motifs is 1. The van der Waals surface area contributed by atoms with Crippen LogP contribution in [0, 0.1) is 20.8 Å². The summed E-state index contributed by atoms with van der Waals surface area (Å²) >= 11 is 3.25. The minimum atomic E-state index is -0.313. The van der Waals surface area contributed by atoms with E-state index in [1.165, 1.54) is 0 Å². The molecule has 0 bridgehead atoms. The van der Waals surface area contributed by atoms with E-state index >= 15 is 0 Å². The van der Waals surface area contributed by atoms with Gasteiger partial charge in [0.1, 0.15) is 0 Å². The molecule has 4 aromatic heterocycles. The third-order valence-corrected chi connectivity index (χ3v) is 5.66. The van der Waals surface area contributed by atoms with Gasteiger partial charge in [-0.05, 0) is 39.0 Å². The van der Waals surface area contributed by atoms with Crippen LogP contribution in [-0.4, -0.2) is 30.5 Å². The highest BCUT2D eigenvalue weighted by Crippen LogP contribution is 2.28. The fraction of sp³-hybridized carbons (Fsp3) is 0.235. The molecule has 1 amide bonds. The van der Waals surface area contributed by atoms with Crippen LogP contribution in [0.25, 0.3) is 16.3 Å². The number of carbonyl (C=O) groups excluding carboxylic acids is 1. The van der Waals surface area contributed by atoms with Crippen molar-refractivity contribution in [3.8, 4) is 10.6 Å². The molecule has 4 rings (SSSR count). The second-order valence-electron chi connectivity index (χ2n) is 5.89. The van der Waals surface area contributed by atoms with Crippen LogP contribution < -0.4 is 5.32 Å². The first-order valence-corrected chi connectivity index (χ1v) is 9.69. The lowest BCUT2D eigenvalue weighted by atomic mass is 10.3. The SMILES string of the molecule is Cc1cc(C)n2nc(C(=O)NCc3ccc(-c4csc(C)n4)s3)nc2n1. The maximum Gasteiger partial charge on any atom is 0.291 e. The third-order valence-electron chi connectivity index (χ3n) is 3.78. The Hall–Kier alpha value is -2.65. The normalized spacial score (nSPS) is 11.2. The molecule has 26 heavy (non-hydrogen) atoms. The van der Waals surface area contributed by atoms with E-state index in [4.69, 9.17) is 0 Å². The smallest absolute Gasteiger partial charge is 0.291 e. The monoisotopic (exact) mass is 384 g/mol. The topological polar surface area (TPSA) is 85.1 Å². The van der Waals surface area contributed by atoms with Crippen LogP contribution in [0.2, 0.25) is 0 Å². The molecule has 1 N–H and O–H groups in total. The second kappa shape index (κ2) is 6.58. The number of hydrogen-bond donors (Lipinski definition) is 1. The third kappa shape index (κ3) is 3.23. The standard InChI is InChI=1S/C17H16N6OS2/c1-9-6-10(2)23-17(19-9)21-15(22-23)16(24)18-7-12-4-5-14(26-12)13-8-25-11(3)20-13/h4-6,8H,7H2,1-3H3,(H,18,24). The number of amides is 1. The lowest BCUT2D eigenvalue weighted by molar-refractivity contribution is 0.0941. The fourth-order valence-corrected chi connectivity index (χ4v) is 4.19. The largest absolute Gasteiger partial charge is 0.344 e. The van der Waals surface area contributed by atoms with Gasteiger partial charge in [-0.1, -0.05) is 0 Å². The van der Waals surface area contributed by atoms with E-state index in [0.29, 0.717) is 12.3 Å². The molecule has 4 heterocycles. The molecule has 132 valence electrons. The summed E-state index contributed by atoms with van der Waals surface area (Å²) < 4.78 is 1.58. The summed E-state index contributed by atoms with van der Waals surface area (Å²) in [5.74, 6) is 0.245. The van der Waals surface area contributed by atoms with E-state index < -0.39 is 0 Å². The average Bonchev–Trinajstić information content (AvgIpc) is 3.31. The summed E-state index contributed by atoms with van der Waals surface area (Å²) in [6, 6.07) is 5.93. The molecule has 4 aromatic rings. The summed E-state index contributed by atoms with van der Waals surface area (Å²) in [7, 11) is 0. The zero-order valence-corrected chi connectivity index (χ0v) is 16.1. The van der Waals surface area contributed by atoms with Gasteiger partial charge in [0, 0.05) is 21.6 Å². The minimum absolute atomic E-state index is 0.123. The summed E-state index contributed by atoms with van der Waals surface area (Å²) in [5, 5.41) is 10.2. The number of aryl methyl sites for hydroxylation is 3. The molecule has 9 heteroatoms. The number of rotatable bonds is 4. The molecule has 0 aliphatic carbocycles. The van der Waals surface area contributed by atoms with Gasteiger partial charge in [0.2, 0.25) is 5.82 Å². The number of carbonyl (C=O) groups is 1. The first kappa shape index (κ1) is 16.8. The van der Waals surface area contributed by atoms with Crippen molar-refractivity contribution in [2.75, 3.05) is 0 Å². The van der Waals surface area contributed by atoms with Crippen molar-refractivity contribution in [3.05, 3.63) is 50.7 Å². The Morgan fingerprint density at radius 1 is 1.19 bits per heavy atom. The van der Waals surface area contributed by atoms with E-state index in [9.17, 15) is 4.79 Å². The van der Waals surface area contributed by atoms with Crippen LogP contribution in [-0.2, 0) is 6.54 Å². The van der Waals surface area contributed by atoms with Crippen LogP contribution in [0.3, 0.4) is 0 Å². The zero-order chi connectivity index (χ0) is 18.3. The quantitative estimate of drug-likeness (QED) is 0.584. The molecule has 0 spiro atoms. The van der Waals surface area contributed by atoms with Gasteiger partial charge < -0.3 is 5.32 Å². The van der Waals surface area contributed by atoms with E-state index in [0.717, 1.165) is 31.8 Å². The maximum absolute atomic E-state index is 12.4. The van der Waals surface area contributed by atoms with Crippen molar-refractivity contribution < 1.29 is 4.79 Å². The predicted molar refractivity (Wildman–Crippen MR) is 102 cm³/mol. The highest BCUT2D eigenvalue weighted by atomic mass is 32.1. The molecule has 0 saturated carbocycles. The fourth-order valence-electron chi connectivity index (χ4n) is 2.60. The van der Waals surface area contributed by atoms with Crippen LogP contribution in [0.5, 0.6) is 0 Å². The van der Waals surface area contributed by atoms with E-state index in [1.54, 1.807) is 27.2 Å². The molecule has 0 unspecified atom stereocenters. The van der Waals surface area contributed by atoms with Gasteiger partial charge in [0.15, 0.2) is 0 Å². The van der Waals surface area contributed by atoms with Gasteiger partial charge in [-0.3, -0.25) is 4.79 Å². The zero-order valence-electron chi connectivity index (χ0n) is 14.5. The van der Waals surface area contributed by atoms with Crippen LogP contribution in [0.1, 0.15) is 31.9 Å². The molecule has 0 fully saturated rings.